The van der Waals surface area contributed by atoms with Gasteiger partial charge in [-0.3, -0.25) is 19.5 Å². The Morgan fingerprint density at radius 1 is 1.22 bits per heavy atom. The van der Waals surface area contributed by atoms with Crippen LogP contribution >= 0.6 is 11.6 Å². The lowest BCUT2D eigenvalue weighted by Gasteiger charge is -2.39. The van der Waals surface area contributed by atoms with Crippen molar-refractivity contribution in [3.05, 3.63) is 40.0 Å². The molecule has 1 aliphatic carbocycles. The van der Waals surface area contributed by atoms with E-state index in [4.69, 9.17) is 27.1 Å². The summed E-state index contributed by atoms with van der Waals surface area (Å²) in [6.45, 7) is 2.62. The lowest BCUT2D eigenvalue weighted by atomic mass is 9.94. The number of carbonyl (C=O) groups excluding carboxylic acids is 3. The van der Waals surface area contributed by atoms with E-state index in [0.717, 1.165) is 47.3 Å². The number of aromatic nitrogens is 1. The lowest BCUT2D eigenvalue weighted by molar-refractivity contribution is -0.124. The highest BCUT2D eigenvalue weighted by atomic mass is 35.5. The highest BCUT2D eigenvalue weighted by Gasteiger charge is 2.37. The number of rotatable bonds is 4. The average molecular weight is 459 g/mol. The Balaban J connectivity index is 1.56. The first-order valence-electron chi connectivity index (χ1n) is 11.0. The minimum absolute atomic E-state index is 0.0196. The SMILES string of the molecule is CCCOC(=O)N1CCN(C(=O)c2ccc3c(Cl)c4c(nc3c2)CCCC4)CC1C(N)=O. The Bertz CT molecular complexity index is 1070. The van der Waals surface area contributed by atoms with Crippen molar-refractivity contribution < 1.29 is 19.1 Å². The minimum Gasteiger partial charge on any atom is -0.449 e. The predicted octanol–water partition coefficient (Wildman–Crippen LogP) is 2.93. The molecule has 2 aromatic rings. The van der Waals surface area contributed by atoms with Crippen LogP contribution < -0.4 is 5.73 Å². The first kappa shape index (κ1) is 22.3. The molecule has 8 nitrogen and oxygen atoms in total. The molecule has 1 aromatic heterocycles. The second-order valence-electron chi connectivity index (χ2n) is 8.27. The molecule has 2 heterocycles. The van der Waals surface area contributed by atoms with E-state index in [0.29, 0.717) is 17.5 Å². The van der Waals surface area contributed by atoms with Crippen LogP contribution in [0.3, 0.4) is 0 Å². The fraction of sp³-hybridized carbons (Fsp3) is 0.478. The van der Waals surface area contributed by atoms with Gasteiger partial charge >= 0.3 is 6.09 Å². The van der Waals surface area contributed by atoms with Crippen LogP contribution in [0.15, 0.2) is 18.2 Å². The molecule has 1 aliphatic heterocycles. The molecule has 2 N–H and O–H groups in total. The largest absolute Gasteiger partial charge is 0.449 e. The number of carbonyl (C=O) groups is 3. The number of aryl methyl sites for hydroxylation is 1. The summed E-state index contributed by atoms with van der Waals surface area (Å²) in [7, 11) is 0. The molecule has 1 atom stereocenters. The van der Waals surface area contributed by atoms with Crippen LogP contribution in [-0.4, -0.2) is 65.0 Å². The molecule has 3 amide bonds. The van der Waals surface area contributed by atoms with Crippen molar-refractivity contribution >= 4 is 40.4 Å². The van der Waals surface area contributed by atoms with Gasteiger partial charge in [-0.2, -0.15) is 0 Å². The maximum Gasteiger partial charge on any atom is 0.410 e. The van der Waals surface area contributed by atoms with Crippen molar-refractivity contribution in [1.82, 2.24) is 14.8 Å². The van der Waals surface area contributed by atoms with E-state index in [1.54, 1.807) is 17.0 Å². The molecule has 0 saturated carbocycles. The van der Waals surface area contributed by atoms with Gasteiger partial charge in [0.25, 0.3) is 5.91 Å². The van der Waals surface area contributed by atoms with Crippen molar-refractivity contribution in [2.45, 2.75) is 45.1 Å². The zero-order valence-electron chi connectivity index (χ0n) is 18.1. The summed E-state index contributed by atoms with van der Waals surface area (Å²) >= 11 is 6.64. The number of halogens is 1. The Labute approximate surface area is 191 Å². The molecule has 1 saturated heterocycles. The standard InChI is InChI=1S/C23H27ClN4O4/c1-2-11-32-23(31)28-10-9-27(13-19(28)21(25)29)22(30)14-7-8-16-18(12-14)26-17-6-4-3-5-15(17)20(16)24/h7-8,12,19H,2-6,9-11,13H2,1H3,(H2,25,29). The van der Waals surface area contributed by atoms with E-state index in [1.165, 1.54) is 4.90 Å². The molecule has 0 radical (unpaired) electrons. The van der Waals surface area contributed by atoms with Crippen molar-refractivity contribution in [3.8, 4) is 0 Å². The van der Waals surface area contributed by atoms with Gasteiger partial charge in [0, 0.05) is 29.7 Å². The van der Waals surface area contributed by atoms with E-state index < -0.39 is 18.0 Å². The number of pyridine rings is 1. The van der Waals surface area contributed by atoms with Gasteiger partial charge in [-0.05, 0) is 49.8 Å². The highest BCUT2D eigenvalue weighted by Crippen LogP contribution is 2.33. The second-order valence-corrected chi connectivity index (χ2v) is 8.65. The van der Waals surface area contributed by atoms with Crippen molar-refractivity contribution in [1.29, 1.82) is 0 Å². The van der Waals surface area contributed by atoms with Crippen LogP contribution in [0.25, 0.3) is 10.9 Å². The molecule has 1 aromatic carbocycles. The number of amides is 3. The molecular weight excluding hydrogens is 432 g/mol. The maximum absolute atomic E-state index is 13.2. The molecule has 4 rings (SSSR count). The molecule has 170 valence electrons. The van der Waals surface area contributed by atoms with Crippen LogP contribution in [-0.2, 0) is 22.4 Å². The third-order valence-corrected chi connectivity index (χ3v) is 6.53. The van der Waals surface area contributed by atoms with Crippen LogP contribution in [0, 0.1) is 0 Å². The monoisotopic (exact) mass is 458 g/mol. The van der Waals surface area contributed by atoms with E-state index in [9.17, 15) is 14.4 Å². The van der Waals surface area contributed by atoms with E-state index in [1.807, 2.05) is 13.0 Å². The number of ether oxygens (including phenoxy) is 1. The maximum atomic E-state index is 13.2. The number of fused-ring (bicyclic) bond motifs is 2. The summed E-state index contributed by atoms with van der Waals surface area (Å²) in [6.07, 6.45) is 4.10. The third-order valence-electron chi connectivity index (χ3n) is 6.10. The van der Waals surface area contributed by atoms with Gasteiger partial charge in [0.05, 0.1) is 23.7 Å². The minimum atomic E-state index is -0.933. The van der Waals surface area contributed by atoms with Crippen LogP contribution in [0.4, 0.5) is 4.79 Å². The number of nitrogens with zero attached hydrogens (tertiary/aromatic N) is 3. The summed E-state index contributed by atoms with van der Waals surface area (Å²) < 4.78 is 5.15. The number of benzene rings is 1. The molecule has 1 unspecified atom stereocenters. The van der Waals surface area contributed by atoms with Crippen molar-refractivity contribution in [2.75, 3.05) is 26.2 Å². The summed E-state index contributed by atoms with van der Waals surface area (Å²) in [5, 5.41) is 1.55. The van der Waals surface area contributed by atoms with Crippen LogP contribution in [0.1, 0.15) is 47.8 Å². The Morgan fingerprint density at radius 2 is 2.00 bits per heavy atom. The molecule has 0 spiro atoms. The molecule has 32 heavy (non-hydrogen) atoms. The molecule has 9 heteroatoms. The Morgan fingerprint density at radius 3 is 2.75 bits per heavy atom. The summed E-state index contributed by atoms with van der Waals surface area (Å²) in [6, 6.07) is 4.38. The number of hydrogen-bond donors (Lipinski definition) is 1. The predicted molar refractivity (Wildman–Crippen MR) is 121 cm³/mol. The van der Waals surface area contributed by atoms with Gasteiger partial charge in [0.1, 0.15) is 6.04 Å². The highest BCUT2D eigenvalue weighted by molar-refractivity contribution is 6.36. The van der Waals surface area contributed by atoms with Gasteiger partial charge in [0.2, 0.25) is 5.91 Å². The van der Waals surface area contributed by atoms with Gasteiger partial charge in [-0.25, -0.2) is 4.79 Å². The topological polar surface area (TPSA) is 106 Å². The Kier molecular flexibility index (Phi) is 6.50. The fourth-order valence-corrected chi connectivity index (χ4v) is 4.75. The average Bonchev–Trinajstić information content (AvgIpc) is 2.81. The molecule has 1 fully saturated rings. The smallest absolute Gasteiger partial charge is 0.410 e. The first-order chi connectivity index (χ1) is 15.4. The number of piperazine rings is 1. The normalized spacial score (nSPS) is 18.4. The van der Waals surface area contributed by atoms with Gasteiger partial charge in [0.15, 0.2) is 0 Å². The van der Waals surface area contributed by atoms with Gasteiger partial charge < -0.3 is 15.4 Å². The number of nitrogens with two attached hydrogens (primary N) is 1. The van der Waals surface area contributed by atoms with Gasteiger partial charge in [-0.15, -0.1) is 0 Å². The zero-order valence-corrected chi connectivity index (χ0v) is 18.9. The van der Waals surface area contributed by atoms with Crippen molar-refractivity contribution in [3.63, 3.8) is 0 Å². The summed E-state index contributed by atoms with van der Waals surface area (Å²) in [5.41, 5.74) is 8.80. The molecule has 0 bridgehead atoms. The Hall–Kier alpha value is -2.87. The van der Waals surface area contributed by atoms with Crippen LogP contribution in [0.2, 0.25) is 5.02 Å². The fourth-order valence-electron chi connectivity index (χ4n) is 4.38. The quantitative estimate of drug-likeness (QED) is 0.758. The van der Waals surface area contributed by atoms with Crippen molar-refractivity contribution in [2.24, 2.45) is 5.73 Å². The van der Waals surface area contributed by atoms with E-state index in [-0.39, 0.29) is 32.1 Å². The summed E-state index contributed by atoms with van der Waals surface area (Å²) in [4.78, 5) is 45.1. The van der Waals surface area contributed by atoms with Crippen LogP contribution in [0.5, 0.6) is 0 Å². The molecule has 2 aliphatic rings. The number of hydrogen-bond acceptors (Lipinski definition) is 5. The summed E-state index contributed by atoms with van der Waals surface area (Å²) in [5.74, 6) is -0.912. The van der Waals surface area contributed by atoms with Gasteiger partial charge in [-0.1, -0.05) is 24.6 Å². The van der Waals surface area contributed by atoms with E-state index in [2.05, 4.69) is 0 Å². The lowest BCUT2D eigenvalue weighted by Crippen LogP contribution is -2.61. The molecular formula is C23H27ClN4O4. The number of primary amides is 1. The zero-order chi connectivity index (χ0) is 22.8. The third kappa shape index (κ3) is 4.24. The second kappa shape index (κ2) is 9.32. The first-order valence-corrected chi connectivity index (χ1v) is 11.4. The van der Waals surface area contributed by atoms with E-state index >= 15 is 0 Å².